The van der Waals surface area contributed by atoms with Crippen LogP contribution in [0.1, 0.15) is 19.8 Å². The number of piperidine rings is 1. The Morgan fingerprint density at radius 1 is 1.62 bits per heavy atom. The number of nitrogens with one attached hydrogen (secondary N) is 1. The quantitative estimate of drug-likeness (QED) is 0.678. The second kappa shape index (κ2) is 5.98. The third-order valence-corrected chi connectivity index (χ3v) is 4.77. The fourth-order valence-electron chi connectivity index (χ4n) is 2.91. The summed E-state index contributed by atoms with van der Waals surface area (Å²) in [5.41, 5.74) is 0. The predicted molar refractivity (Wildman–Crippen MR) is 83.1 cm³/mol. The number of nitro groups is 1. The molecule has 2 aromatic rings. The zero-order chi connectivity index (χ0) is 14.8. The summed E-state index contributed by atoms with van der Waals surface area (Å²) in [6.07, 6.45) is 4.05. The molecule has 114 valence electrons. The van der Waals surface area contributed by atoms with Gasteiger partial charge in [0.15, 0.2) is 0 Å². The Morgan fingerprint density at radius 3 is 3.24 bits per heavy atom. The van der Waals surface area contributed by atoms with Crippen molar-refractivity contribution in [1.82, 2.24) is 14.3 Å². The summed E-state index contributed by atoms with van der Waals surface area (Å²) >= 11 is 1.40. The summed E-state index contributed by atoms with van der Waals surface area (Å²) in [6.45, 7) is 6.19. The van der Waals surface area contributed by atoms with Gasteiger partial charge >= 0.3 is 5.82 Å². The minimum absolute atomic E-state index is 0.0365. The highest BCUT2D eigenvalue weighted by Gasteiger charge is 2.25. The zero-order valence-electron chi connectivity index (χ0n) is 12.0. The van der Waals surface area contributed by atoms with Crippen LogP contribution >= 0.6 is 11.3 Å². The maximum atomic E-state index is 11.2. The van der Waals surface area contributed by atoms with E-state index in [1.165, 1.54) is 28.6 Å². The largest absolute Gasteiger partial charge is 0.372 e. The second-order valence-corrected chi connectivity index (χ2v) is 6.25. The van der Waals surface area contributed by atoms with Crippen LogP contribution in [0.15, 0.2) is 11.6 Å². The first kappa shape index (κ1) is 14.3. The molecule has 21 heavy (non-hydrogen) atoms. The van der Waals surface area contributed by atoms with E-state index in [0.29, 0.717) is 16.7 Å². The van der Waals surface area contributed by atoms with Crippen molar-refractivity contribution in [3.63, 3.8) is 0 Å². The molecule has 1 aliphatic heterocycles. The van der Waals surface area contributed by atoms with Gasteiger partial charge in [-0.2, -0.15) is 9.38 Å². The standard InChI is InChI=1S/C13H19N5O2S/c1-2-16-5-3-4-10(9-16)8-14-11-12(18(19)20)17-6-7-21-13(17)15-11/h6-7,10,14H,2-5,8-9H2,1H3/t10-/m1/s1. The molecule has 8 heteroatoms. The summed E-state index contributed by atoms with van der Waals surface area (Å²) in [5, 5.41) is 16.2. The van der Waals surface area contributed by atoms with Gasteiger partial charge in [-0.3, -0.25) is 0 Å². The molecule has 0 aliphatic carbocycles. The molecule has 1 N–H and O–H groups in total. The van der Waals surface area contributed by atoms with Gasteiger partial charge in [0, 0.05) is 18.5 Å². The highest BCUT2D eigenvalue weighted by molar-refractivity contribution is 7.15. The molecule has 0 saturated carbocycles. The Labute approximate surface area is 126 Å². The van der Waals surface area contributed by atoms with Crippen molar-refractivity contribution < 1.29 is 4.92 Å². The van der Waals surface area contributed by atoms with Gasteiger partial charge in [0.25, 0.3) is 4.96 Å². The SMILES string of the molecule is CCN1CCC[C@H](CNc2nc3sccn3c2[N+](=O)[O-])C1. The van der Waals surface area contributed by atoms with E-state index in [0.717, 1.165) is 26.2 Å². The Morgan fingerprint density at radius 2 is 2.48 bits per heavy atom. The summed E-state index contributed by atoms with van der Waals surface area (Å²) < 4.78 is 1.53. The molecular formula is C13H19N5O2S. The van der Waals surface area contributed by atoms with Gasteiger partial charge in [-0.15, -0.1) is 0 Å². The number of thiazole rings is 1. The van der Waals surface area contributed by atoms with E-state index in [2.05, 4.69) is 22.1 Å². The van der Waals surface area contributed by atoms with Crippen LogP contribution in [-0.2, 0) is 0 Å². The van der Waals surface area contributed by atoms with Crippen molar-refractivity contribution in [2.24, 2.45) is 5.92 Å². The first-order valence-electron chi connectivity index (χ1n) is 7.25. The van der Waals surface area contributed by atoms with Crippen molar-refractivity contribution in [3.8, 4) is 0 Å². The summed E-state index contributed by atoms with van der Waals surface area (Å²) in [4.78, 5) is 18.3. The topological polar surface area (TPSA) is 75.7 Å². The van der Waals surface area contributed by atoms with Crippen LogP contribution in [0.3, 0.4) is 0 Å². The van der Waals surface area contributed by atoms with Crippen molar-refractivity contribution in [2.45, 2.75) is 19.8 Å². The lowest BCUT2D eigenvalue weighted by atomic mass is 9.98. The average Bonchev–Trinajstić information content (AvgIpc) is 3.05. The number of hydrogen-bond acceptors (Lipinski definition) is 6. The summed E-state index contributed by atoms with van der Waals surface area (Å²) in [7, 11) is 0. The number of nitrogens with zero attached hydrogens (tertiary/aromatic N) is 4. The Kier molecular flexibility index (Phi) is 4.07. The minimum Gasteiger partial charge on any atom is -0.363 e. The van der Waals surface area contributed by atoms with Crippen LogP contribution in [0.25, 0.3) is 4.96 Å². The van der Waals surface area contributed by atoms with E-state index in [1.807, 2.05) is 0 Å². The van der Waals surface area contributed by atoms with Gasteiger partial charge in [0.2, 0.25) is 5.82 Å². The number of rotatable bonds is 5. The van der Waals surface area contributed by atoms with Gasteiger partial charge in [0.1, 0.15) is 6.20 Å². The zero-order valence-corrected chi connectivity index (χ0v) is 12.8. The van der Waals surface area contributed by atoms with Crippen molar-refractivity contribution in [1.29, 1.82) is 0 Å². The highest BCUT2D eigenvalue weighted by atomic mass is 32.1. The molecule has 0 unspecified atom stereocenters. The molecule has 3 rings (SSSR count). The predicted octanol–water partition coefficient (Wildman–Crippen LogP) is 2.45. The van der Waals surface area contributed by atoms with Crippen LogP contribution in [0.2, 0.25) is 0 Å². The molecule has 0 amide bonds. The van der Waals surface area contributed by atoms with Crippen molar-refractivity contribution in [2.75, 3.05) is 31.5 Å². The highest BCUT2D eigenvalue weighted by Crippen LogP contribution is 2.28. The molecule has 3 heterocycles. The van der Waals surface area contributed by atoms with E-state index < -0.39 is 0 Å². The number of imidazole rings is 1. The van der Waals surface area contributed by atoms with Crippen LogP contribution < -0.4 is 5.32 Å². The molecule has 1 fully saturated rings. The van der Waals surface area contributed by atoms with Gasteiger partial charge < -0.3 is 20.3 Å². The molecule has 1 atom stereocenters. The van der Waals surface area contributed by atoms with Gasteiger partial charge in [-0.1, -0.05) is 18.3 Å². The normalized spacial score (nSPS) is 20.0. The molecule has 1 saturated heterocycles. The van der Waals surface area contributed by atoms with Crippen LogP contribution in [0, 0.1) is 16.0 Å². The molecule has 0 bridgehead atoms. The monoisotopic (exact) mass is 309 g/mol. The number of anilines is 1. The summed E-state index contributed by atoms with van der Waals surface area (Å²) in [6, 6.07) is 0. The van der Waals surface area contributed by atoms with Crippen LogP contribution in [-0.4, -0.2) is 45.4 Å². The number of hydrogen-bond donors (Lipinski definition) is 1. The Bertz CT molecular complexity index is 638. The molecule has 7 nitrogen and oxygen atoms in total. The maximum Gasteiger partial charge on any atom is 0.372 e. The fourth-order valence-corrected chi connectivity index (χ4v) is 3.62. The van der Waals surface area contributed by atoms with E-state index in [-0.39, 0.29) is 10.7 Å². The Balaban J connectivity index is 1.71. The molecule has 2 aromatic heterocycles. The van der Waals surface area contributed by atoms with Crippen molar-refractivity contribution >= 4 is 27.9 Å². The van der Waals surface area contributed by atoms with Gasteiger partial charge in [0.05, 0.1) is 0 Å². The molecule has 0 radical (unpaired) electrons. The second-order valence-electron chi connectivity index (χ2n) is 5.38. The average molecular weight is 309 g/mol. The molecule has 1 aliphatic rings. The van der Waals surface area contributed by atoms with Gasteiger partial charge in [-0.05, 0) is 36.8 Å². The van der Waals surface area contributed by atoms with E-state index in [9.17, 15) is 10.1 Å². The summed E-state index contributed by atoms with van der Waals surface area (Å²) in [5.74, 6) is 0.952. The van der Waals surface area contributed by atoms with Crippen molar-refractivity contribution in [3.05, 3.63) is 21.7 Å². The van der Waals surface area contributed by atoms with Crippen LogP contribution in [0.5, 0.6) is 0 Å². The lowest BCUT2D eigenvalue weighted by Gasteiger charge is -2.31. The lowest BCUT2D eigenvalue weighted by molar-refractivity contribution is -0.389. The van der Waals surface area contributed by atoms with E-state index in [1.54, 1.807) is 11.6 Å². The fraction of sp³-hybridized carbons (Fsp3) is 0.615. The molecular weight excluding hydrogens is 290 g/mol. The minimum atomic E-state index is -0.367. The third kappa shape index (κ3) is 2.86. The van der Waals surface area contributed by atoms with Gasteiger partial charge in [-0.25, -0.2) is 0 Å². The van der Waals surface area contributed by atoms with E-state index in [4.69, 9.17) is 0 Å². The number of likely N-dealkylation sites (tertiary alicyclic amines) is 1. The number of fused-ring (bicyclic) bond motifs is 1. The Hall–Kier alpha value is -1.67. The maximum absolute atomic E-state index is 11.2. The smallest absolute Gasteiger partial charge is 0.363 e. The lowest BCUT2D eigenvalue weighted by Crippen LogP contribution is -2.37. The first-order valence-corrected chi connectivity index (χ1v) is 8.13. The molecule has 0 spiro atoms. The number of aromatic nitrogens is 2. The van der Waals surface area contributed by atoms with E-state index >= 15 is 0 Å². The third-order valence-electron chi connectivity index (χ3n) is 4.02. The van der Waals surface area contributed by atoms with Crippen LogP contribution in [0.4, 0.5) is 11.6 Å². The first-order chi connectivity index (χ1) is 10.2. The molecule has 0 aromatic carbocycles.